The molecule has 2 nitrogen and oxygen atoms in total. The van der Waals surface area contributed by atoms with Crippen LogP contribution in [0.1, 0.15) is 18.4 Å². The van der Waals surface area contributed by atoms with Gasteiger partial charge >= 0.3 is 0 Å². The molecule has 0 radical (unpaired) electrons. The predicted octanol–water partition coefficient (Wildman–Crippen LogP) is 1.79. The molecule has 0 saturated carbocycles. The number of para-hydroxylation sites is 1. The SMILES string of the molecule is C[C@H](CO)C1COc2ccccc21. The summed E-state index contributed by atoms with van der Waals surface area (Å²) in [7, 11) is 0. The van der Waals surface area contributed by atoms with Gasteiger partial charge in [-0.25, -0.2) is 0 Å². The van der Waals surface area contributed by atoms with Crippen molar-refractivity contribution in [3.05, 3.63) is 29.8 Å². The largest absolute Gasteiger partial charge is 0.493 e. The Morgan fingerprint density at radius 3 is 3.08 bits per heavy atom. The predicted molar refractivity (Wildman–Crippen MR) is 50.9 cm³/mol. The molecule has 1 heterocycles. The van der Waals surface area contributed by atoms with Crippen LogP contribution in [0.15, 0.2) is 24.3 Å². The first-order chi connectivity index (χ1) is 6.33. The Bertz CT molecular complexity index is 296. The summed E-state index contributed by atoms with van der Waals surface area (Å²) < 4.78 is 5.52. The highest BCUT2D eigenvalue weighted by Gasteiger charge is 2.27. The van der Waals surface area contributed by atoms with Crippen molar-refractivity contribution in [1.82, 2.24) is 0 Å². The molecule has 2 rings (SSSR count). The van der Waals surface area contributed by atoms with Gasteiger partial charge in [-0.05, 0) is 12.0 Å². The minimum absolute atomic E-state index is 0.225. The number of rotatable bonds is 2. The lowest BCUT2D eigenvalue weighted by Gasteiger charge is -2.14. The lowest BCUT2D eigenvalue weighted by Crippen LogP contribution is -2.14. The van der Waals surface area contributed by atoms with Crippen LogP contribution in [0.2, 0.25) is 0 Å². The van der Waals surface area contributed by atoms with E-state index in [1.807, 2.05) is 18.2 Å². The smallest absolute Gasteiger partial charge is 0.122 e. The Hall–Kier alpha value is -1.02. The molecular weight excluding hydrogens is 164 g/mol. The van der Waals surface area contributed by atoms with E-state index < -0.39 is 0 Å². The molecule has 0 spiro atoms. The third kappa shape index (κ3) is 1.42. The van der Waals surface area contributed by atoms with Gasteiger partial charge < -0.3 is 9.84 Å². The quantitative estimate of drug-likeness (QED) is 0.748. The van der Waals surface area contributed by atoms with Crippen LogP contribution in [0.5, 0.6) is 5.75 Å². The minimum atomic E-state index is 0.225. The zero-order valence-corrected chi connectivity index (χ0v) is 7.73. The number of fused-ring (bicyclic) bond motifs is 1. The molecule has 0 amide bonds. The first kappa shape index (κ1) is 8.57. The van der Waals surface area contributed by atoms with Crippen LogP contribution >= 0.6 is 0 Å². The van der Waals surface area contributed by atoms with Crippen molar-refractivity contribution in [3.63, 3.8) is 0 Å². The summed E-state index contributed by atoms with van der Waals surface area (Å²) in [5, 5.41) is 9.07. The van der Waals surface area contributed by atoms with E-state index in [2.05, 4.69) is 13.0 Å². The van der Waals surface area contributed by atoms with Crippen LogP contribution in [0.25, 0.3) is 0 Å². The van der Waals surface area contributed by atoms with E-state index >= 15 is 0 Å². The van der Waals surface area contributed by atoms with Crippen molar-refractivity contribution < 1.29 is 9.84 Å². The van der Waals surface area contributed by atoms with E-state index in [1.165, 1.54) is 5.56 Å². The maximum atomic E-state index is 9.07. The Balaban J connectivity index is 2.28. The lowest BCUT2D eigenvalue weighted by atomic mass is 9.90. The van der Waals surface area contributed by atoms with Gasteiger partial charge in [0.25, 0.3) is 0 Å². The molecule has 1 aliphatic heterocycles. The zero-order valence-electron chi connectivity index (χ0n) is 7.73. The van der Waals surface area contributed by atoms with E-state index in [9.17, 15) is 0 Å². The molecule has 0 bridgehead atoms. The van der Waals surface area contributed by atoms with Gasteiger partial charge in [0.05, 0.1) is 6.61 Å². The zero-order chi connectivity index (χ0) is 9.26. The summed E-state index contributed by atoms with van der Waals surface area (Å²) in [5.74, 6) is 1.62. The second-order valence-corrected chi connectivity index (χ2v) is 3.62. The van der Waals surface area contributed by atoms with Crippen molar-refractivity contribution in [2.75, 3.05) is 13.2 Å². The van der Waals surface area contributed by atoms with Crippen LogP contribution in [0.3, 0.4) is 0 Å². The average Bonchev–Trinajstić information content (AvgIpc) is 2.60. The van der Waals surface area contributed by atoms with Gasteiger partial charge in [0.2, 0.25) is 0 Å². The van der Waals surface area contributed by atoms with Gasteiger partial charge in [0.1, 0.15) is 5.75 Å². The molecule has 1 aromatic rings. The summed E-state index contributed by atoms with van der Waals surface area (Å²) in [6, 6.07) is 8.06. The summed E-state index contributed by atoms with van der Waals surface area (Å²) in [6.45, 7) is 2.99. The Labute approximate surface area is 78.2 Å². The van der Waals surface area contributed by atoms with Gasteiger partial charge in [-0.3, -0.25) is 0 Å². The van der Waals surface area contributed by atoms with E-state index in [0.29, 0.717) is 12.5 Å². The summed E-state index contributed by atoms with van der Waals surface area (Å²) in [4.78, 5) is 0. The molecule has 13 heavy (non-hydrogen) atoms. The van der Waals surface area contributed by atoms with Crippen LogP contribution in [-0.2, 0) is 0 Å². The first-order valence-corrected chi connectivity index (χ1v) is 4.65. The second-order valence-electron chi connectivity index (χ2n) is 3.62. The van der Waals surface area contributed by atoms with E-state index in [1.54, 1.807) is 0 Å². The highest BCUT2D eigenvalue weighted by molar-refractivity contribution is 5.39. The fourth-order valence-electron chi connectivity index (χ4n) is 1.79. The van der Waals surface area contributed by atoms with Gasteiger partial charge in [-0.1, -0.05) is 25.1 Å². The van der Waals surface area contributed by atoms with Crippen LogP contribution in [-0.4, -0.2) is 18.3 Å². The Morgan fingerprint density at radius 2 is 2.31 bits per heavy atom. The van der Waals surface area contributed by atoms with E-state index in [0.717, 1.165) is 5.75 Å². The standard InChI is InChI=1S/C11H14O2/c1-8(6-12)10-7-13-11-5-3-2-4-9(10)11/h2-5,8,10,12H,6-7H2,1H3/t8-,10?/m1/s1. The van der Waals surface area contributed by atoms with Gasteiger partial charge in [0.15, 0.2) is 0 Å². The van der Waals surface area contributed by atoms with Gasteiger partial charge in [0, 0.05) is 18.1 Å². The van der Waals surface area contributed by atoms with Crippen LogP contribution in [0.4, 0.5) is 0 Å². The lowest BCUT2D eigenvalue weighted by molar-refractivity contribution is 0.197. The van der Waals surface area contributed by atoms with E-state index in [4.69, 9.17) is 9.84 Å². The summed E-state index contributed by atoms with van der Waals surface area (Å²) >= 11 is 0. The van der Waals surface area contributed by atoms with Crippen molar-refractivity contribution >= 4 is 0 Å². The molecular formula is C11H14O2. The molecule has 0 aliphatic carbocycles. The number of hydrogen-bond acceptors (Lipinski definition) is 2. The maximum absolute atomic E-state index is 9.07. The highest BCUT2D eigenvalue weighted by Crippen LogP contribution is 2.37. The molecule has 70 valence electrons. The normalized spacial score (nSPS) is 22.2. The van der Waals surface area contributed by atoms with Crippen molar-refractivity contribution in [2.24, 2.45) is 5.92 Å². The molecule has 2 heteroatoms. The fraction of sp³-hybridized carbons (Fsp3) is 0.455. The van der Waals surface area contributed by atoms with Gasteiger partial charge in [-0.15, -0.1) is 0 Å². The van der Waals surface area contributed by atoms with Crippen LogP contribution in [0, 0.1) is 5.92 Å². The molecule has 1 aliphatic rings. The highest BCUT2D eigenvalue weighted by atomic mass is 16.5. The number of aliphatic hydroxyl groups excluding tert-OH is 1. The first-order valence-electron chi connectivity index (χ1n) is 4.65. The maximum Gasteiger partial charge on any atom is 0.122 e. The Kier molecular flexibility index (Phi) is 2.23. The van der Waals surface area contributed by atoms with Crippen molar-refractivity contribution in [2.45, 2.75) is 12.8 Å². The number of hydrogen-bond donors (Lipinski definition) is 1. The number of benzene rings is 1. The summed E-state index contributed by atoms with van der Waals surface area (Å²) in [6.07, 6.45) is 0. The monoisotopic (exact) mass is 178 g/mol. The molecule has 1 unspecified atom stereocenters. The molecule has 0 saturated heterocycles. The van der Waals surface area contributed by atoms with Crippen molar-refractivity contribution in [1.29, 1.82) is 0 Å². The fourth-order valence-corrected chi connectivity index (χ4v) is 1.79. The molecule has 1 N–H and O–H groups in total. The molecule has 0 fully saturated rings. The second kappa shape index (κ2) is 3.38. The Morgan fingerprint density at radius 1 is 1.54 bits per heavy atom. The summed E-state index contributed by atoms with van der Waals surface area (Å²) in [5.41, 5.74) is 1.24. The van der Waals surface area contributed by atoms with Crippen LogP contribution < -0.4 is 4.74 Å². The van der Waals surface area contributed by atoms with E-state index in [-0.39, 0.29) is 12.5 Å². The topological polar surface area (TPSA) is 29.5 Å². The third-order valence-electron chi connectivity index (χ3n) is 2.71. The average molecular weight is 178 g/mol. The molecule has 2 atom stereocenters. The minimum Gasteiger partial charge on any atom is -0.493 e. The van der Waals surface area contributed by atoms with Crippen molar-refractivity contribution in [3.8, 4) is 5.75 Å². The molecule has 1 aromatic carbocycles. The molecule has 0 aromatic heterocycles. The number of ether oxygens (including phenoxy) is 1. The van der Waals surface area contributed by atoms with Gasteiger partial charge in [-0.2, -0.15) is 0 Å². The number of aliphatic hydroxyl groups is 1. The third-order valence-corrected chi connectivity index (χ3v) is 2.71.